The minimum atomic E-state index is -4.38. The van der Waals surface area contributed by atoms with E-state index in [4.69, 9.17) is 9.84 Å². The molecule has 46 heavy (non-hydrogen) atoms. The van der Waals surface area contributed by atoms with Gasteiger partial charge in [0.15, 0.2) is 0 Å². The van der Waals surface area contributed by atoms with E-state index >= 15 is 0 Å². The minimum Gasteiger partial charge on any atom is -0.481 e. The quantitative estimate of drug-likeness (QED) is 0.310. The van der Waals surface area contributed by atoms with Gasteiger partial charge < -0.3 is 35.4 Å². The Morgan fingerprint density at radius 2 is 1.61 bits per heavy atom. The summed E-state index contributed by atoms with van der Waals surface area (Å²) in [4.78, 5) is 50.1. The van der Waals surface area contributed by atoms with Crippen molar-refractivity contribution >= 4 is 29.8 Å². The molecule has 3 fully saturated rings. The SMILES string of the molecule is CC(C)[C@]1(C(=O)O)CC[C@@H](NC(=O)OC(C)(C)C)C1.O=C(O)N[C@@H]1CC[C@H](C(=O)N2CCN(c3cccc(C(F)(F)F)c3)CC2)C1. The maximum atomic E-state index is 12.9. The molecule has 1 aromatic carbocycles. The van der Waals surface area contributed by atoms with Crippen molar-refractivity contribution in [1.82, 2.24) is 15.5 Å². The molecular formula is C32H47F3N4O7. The molecule has 4 N–H and O–H groups in total. The second-order valence-corrected chi connectivity index (χ2v) is 13.7. The summed E-state index contributed by atoms with van der Waals surface area (Å²) < 4.78 is 43.8. The number of carboxylic acids is 1. The van der Waals surface area contributed by atoms with Gasteiger partial charge in [0.25, 0.3) is 0 Å². The van der Waals surface area contributed by atoms with Crippen molar-refractivity contribution in [2.45, 2.75) is 97.0 Å². The number of alkyl carbamates (subject to hydrolysis) is 1. The predicted octanol–water partition coefficient (Wildman–Crippen LogP) is 5.58. The van der Waals surface area contributed by atoms with Crippen molar-refractivity contribution < 1.29 is 47.3 Å². The fraction of sp³-hybridized carbons (Fsp3) is 0.688. The number of halogens is 3. The zero-order valence-electron chi connectivity index (χ0n) is 27.2. The number of rotatable bonds is 6. The molecule has 1 heterocycles. The fourth-order valence-electron chi connectivity index (χ4n) is 6.47. The molecule has 3 amide bonds. The first-order valence-electron chi connectivity index (χ1n) is 15.7. The van der Waals surface area contributed by atoms with E-state index in [1.165, 1.54) is 6.07 Å². The van der Waals surface area contributed by atoms with Crippen molar-refractivity contribution in [2.24, 2.45) is 17.3 Å². The molecule has 0 unspecified atom stereocenters. The van der Waals surface area contributed by atoms with E-state index in [1.54, 1.807) is 31.7 Å². The van der Waals surface area contributed by atoms with Gasteiger partial charge in [0.1, 0.15) is 5.60 Å². The summed E-state index contributed by atoms with van der Waals surface area (Å²) in [7, 11) is 0. The van der Waals surface area contributed by atoms with Crippen LogP contribution in [0.4, 0.5) is 28.4 Å². The Bertz CT molecular complexity index is 1240. The Labute approximate surface area is 267 Å². The molecule has 14 heteroatoms. The standard InChI is InChI=1S/C18H22F3N3O3.C14H25NO4/c19-18(20,21)13-2-1-3-15(11-13)23-6-8-24(9-7-23)16(25)12-4-5-14(10-12)22-17(26)27;1-9(2)14(11(16)17)7-6-10(8-14)15-12(18)19-13(3,4)5/h1-3,11-12,14,22H,4-10H2,(H,26,27);9-10H,6-8H2,1-5H3,(H,15,18)(H,16,17)/t12-,14+;10-,14+/m01/s1. The van der Waals surface area contributed by atoms with Gasteiger partial charge in [-0.05, 0) is 83.4 Å². The highest BCUT2D eigenvalue weighted by molar-refractivity contribution is 5.80. The number of hydrogen-bond acceptors (Lipinski definition) is 6. The highest BCUT2D eigenvalue weighted by atomic mass is 19.4. The van der Waals surface area contributed by atoms with E-state index in [9.17, 15) is 37.5 Å². The number of alkyl halides is 3. The Hall–Kier alpha value is -3.71. The van der Waals surface area contributed by atoms with Gasteiger partial charge in [0.05, 0.1) is 11.0 Å². The number of nitrogens with one attached hydrogen (secondary N) is 2. The van der Waals surface area contributed by atoms with Gasteiger partial charge in [0.2, 0.25) is 5.91 Å². The lowest BCUT2D eigenvalue weighted by Crippen LogP contribution is -2.50. The predicted molar refractivity (Wildman–Crippen MR) is 164 cm³/mol. The van der Waals surface area contributed by atoms with E-state index < -0.39 is 40.9 Å². The zero-order valence-corrected chi connectivity index (χ0v) is 27.2. The molecule has 4 rings (SSSR count). The average molecular weight is 657 g/mol. The molecular weight excluding hydrogens is 609 g/mol. The molecule has 0 radical (unpaired) electrons. The molecule has 0 bridgehead atoms. The highest BCUT2D eigenvalue weighted by Crippen LogP contribution is 2.44. The summed E-state index contributed by atoms with van der Waals surface area (Å²) in [6.07, 6.45) is -2.38. The summed E-state index contributed by atoms with van der Waals surface area (Å²) in [5.41, 5.74) is -1.44. The van der Waals surface area contributed by atoms with E-state index in [1.807, 2.05) is 18.7 Å². The van der Waals surface area contributed by atoms with Crippen LogP contribution in [0.5, 0.6) is 0 Å². The van der Waals surface area contributed by atoms with Crippen LogP contribution in [0, 0.1) is 17.3 Å². The van der Waals surface area contributed by atoms with Gasteiger partial charge in [-0.1, -0.05) is 19.9 Å². The van der Waals surface area contributed by atoms with Crippen molar-refractivity contribution in [3.8, 4) is 0 Å². The van der Waals surface area contributed by atoms with Crippen LogP contribution in [-0.4, -0.2) is 83.0 Å². The molecule has 258 valence electrons. The van der Waals surface area contributed by atoms with Gasteiger partial charge in [0, 0.05) is 49.9 Å². The molecule has 4 atom stereocenters. The number of aliphatic carboxylic acids is 1. The number of carbonyl (C=O) groups is 4. The van der Waals surface area contributed by atoms with Crippen LogP contribution < -0.4 is 15.5 Å². The topological polar surface area (TPSA) is 149 Å². The second-order valence-electron chi connectivity index (χ2n) is 13.7. The van der Waals surface area contributed by atoms with Gasteiger partial charge in [-0.3, -0.25) is 9.59 Å². The van der Waals surface area contributed by atoms with Crippen molar-refractivity contribution in [2.75, 3.05) is 31.1 Å². The molecule has 0 aromatic heterocycles. The molecule has 11 nitrogen and oxygen atoms in total. The zero-order chi connectivity index (χ0) is 34.4. The number of hydrogen-bond donors (Lipinski definition) is 4. The van der Waals surface area contributed by atoms with Gasteiger partial charge >= 0.3 is 24.3 Å². The van der Waals surface area contributed by atoms with Crippen LogP contribution in [0.2, 0.25) is 0 Å². The Morgan fingerprint density at radius 1 is 0.957 bits per heavy atom. The number of anilines is 1. The lowest BCUT2D eigenvalue weighted by Gasteiger charge is -2.37. The first-order valence-corrected chi connectivity index (χ1v) is 15.7. The Morgan fingerprint density at radius 3 is 2.13 bits per heavy atom. The maximum absolute atomic E-state index is 12.9. The van der Waals surface area contributed by atoms with Crippen LogP contribution in [0.1, 0.15) is 78.7 Å². The molecule has 2 saturated carbocycles. The molecule has 0 spiro atoms. The molecule has 1 aliphatic heterocycles. The summed E-state index contributed by atoms with van der Waals surface area (Å²) in [6, 6.07) is 4.91. The number of ether oxygens (including phenoxy) is 1. The Kier molecular flexibility index (Phi) is 11.8. The molecule has 1 saturated heterocycles. The van der Waals surface area contributed by atoms with Crippen LogP contribution in [0.15, 0.2) is 24.3 Å². The number of carboxylic acid groups (broad SMARTS) is 2. The van der Waals surface area contributed by atoms with E-state index in [-0.39, 0.29) is 29.8 Å². The van der Waals surface area contributed by atoms with Crippen molar-refractivity contribution in [3.63, 3.8) is 0 Å². The second kappa shape index (κ2) is 14.8. The lowest BCUT2D eigenvalue weighted by atomic mass is 9.75. The first kappa shape index (κ1) is 36.8. The lowest BCUT2D eigenvalue weighted by molar-refractivity contribution is -0.151. The maximum Gasteiger partial charge on any atom is 0.416 e. The molecule has 2 aliphatic carbocycles. The largest absolute Gasteiger partial charge is 0.481 e. The van der Waals surface area contributed by atoms with Gasteiger partial charge in [-0.25, -0.2) is 9.59 Å². The Balaban J connectivity index is 0.000000268. The van der Waals surface area contributed by atoms with Crippen molar-refractivity contribution in [1.29, 1.82) is 0 Å². The fourth-order valence-corrected chi connectivity index (χ4v) is 6.47. The normalized spacial score (nSPS) is 25.0. The van der Waals surface area contributed by atoms with Crippen LogP contribution in [-0.2, 0) is 20.5 Å². The minimum absolute atomic E-state index is 0.00776. The number of amides is 3. The van der Waals surface area contributed by atoms with Gasteiger partial charge in [-0.15, -0.1) is 0 Å². The number of piperazine rings is 1. The van der Waals surface area contributed by atoms with Crippen LogP contribution in [0.3, 0.4) is 0 Å². The first-order chi connectivity index (χ1) is 21.3. The van der Waals surface area contributed by atoms with E-state index in [2.05, 4.69) is 10.6 Å². The summed E-state index contributed by atoms with van der Waals surface area (Å²) >= 11 is 0. The molecule has 1 aromatic rings. The third-order valence-electron chi connectivity index (χ3n) is 9.04. The molecule has 3 aliphatic rings. The third kappa shape index (κ3) is 9.89. The highest BCUT2D eigenvalue weighted by Gasteiger charge is 2.48. The van der Waals surface area contributed by atoms with Crippen LogP contribution >= 0.6 is 0 Å². The smallest absolute Gasteiger partial charge is 0.416 e. The monoisotopic (exact) mass is 656 g/mol. The number of benzene rings is 1. The van der Waals surface area contributed by atoms with Crippen molar-refractivity contribution in [3.05, 3.63) is 29.8 Å². The average Bonchev–Trinajstić information content (AvgIpc) is 3.59. The van der Waals surface area contributed by atoms with E-state index in [0.717, 1.165) is 12.1 Å². The van der Waals surface area contributed by atoms with Crippen LogP contribution in [0.25, 0.3) is 0 Å². The summed E-state index contributed by atoms with van der Waals surface area (Å²) in [5, 5.41) is 23.4. The summed E-state index contributed by atoms with van der Waals surface area (Å²) in [6.45, 7) is 11.1. The third-order valence-corrected chi connectivity index (χ3v) is 9.04. The van der Waals surface area contributed by atoms with Gasteiger partial charge in [-0.2, -0.15) is 13.2 Å². The number of carbonyl (C=O) groups excluding carboxylic acids is 2. The number of nitrogens with zero attached hydrogens (tertiary/aromatic N) is 2. The van der Waals surface area contributed by atoms with E-state index in [0.29, 0.717) is 70.4 Å². The summed E-state index contributed by atoms with van der Waals surface area (Å²) in [5.74, 6) is -0.901.